The van der Waals surface area contributed by atoms with E-state index in [1.54, 1.807) is 40.7 Å². The molecule has 1 aromatic carbocycles. The maximum Gasteiger partial charge on any atom is 0.404 e. The summed E-state index contributed by atoms with van der Waals surface area (Å²) >= 11 is 0. The van der Waals surface area contributed by atoms with Crippen molar-refractivity contribution < 1.29 is 34.0 Å². The molecule has 0 radical (unpaired) electrons. The average Bonchev–Trinajstić information content (AvgIpc) is 2.84. The Bertz CT molecular complexity index is 1210. The number of methoxy groups -OCH3 is 1. The van der Waals surface area contributed by atoms with Crippen molar-refractivity contribution in [3.8, 4) is 5.75 Å². The Labute approximate surface area is 220 Å². The molecule has 0 aliphatic rings. The summed E-state index contributed by atoms with van der Waals surface area (Å²) < 4.78 is 19.0. The molecule has 0 aliphatic heterocycles. The molecule has 3 unspecified atom stereocenters. The topological polar surface area (TPSA) is 174 Å². The van der Waals surface area contributed by atoms with Gasteiger partial charge >= 0.3 is 6.09 Å². The van der Waals surface area contributed by atoms with Crippen molar-refractivity contribution in [2.45, 2.75) is 71.6 Å². The lowest BCUT2D eigenvalue weighted by molar-refractivity contribution is -0.0467. The summed E-state index contributed by atoms with van der Waals surface area (Å²) in [6.07, 6.45) is -0.828. The fourth-order valence-electron chi connectivity index (χ4n) is 4.12. The molecule has 6 N–H and O–H groups in total. The van der Waals surface area contributed by atoms with Gasteiger partial charge in [-0.1, -0.05) is 32.9 Å². The van der Waals surface area contributed by atoms with Gasteiger partial charge in [-0.05, 0) is 49.3 Å². The third-order valence-corrected chi connectivity index (χ3v) is 6.58. The van der Waals surface area contributed by atoms with Crippen LogP contribution in [-0.4, -0.2) is 62.6 Å². The van der Waals surface area contributed by atoms with Gasteiger partial charge in [-0.3, -0.25) is 9.59 Å². The maximum absolute atomic E-state index is 13.6. The van der Waals surface area contributed by atoms with Crippen LogP contribution in [0.5, 0.6) is 5.75 Å². The summed E-state index contributed by atoms with van der Waals surface area (Å²) in [6, 6.07) is 3.53. The molecule has 2 aromatic rings. The molecule has 0 bridgehead atoms. The standard InChI is InChI=1S/C26H37FN4O7/c1-14-11-15(7-8-17(14)27)12-28-22(34)18-19(33)23(35)31-21(29-18)16(9-10-26(5,13-32)38-6)20(25(2,3)4)30-24(36)37/h7-8,11,16,20,30,32-33H,9-10,12-13H2,1-6H3,(H,28,34)(H,36,37)(H,29,31,35). The van der Waals surface area contributed by atoms with Gasteiger partial charge in [0.25, 0.3) is 11.5 Å². The minimum absolute atomic E-state index is 0.0133. The van der Waals surface area contributed by atoms with Crippen LogP contribution < -0.4 is 16.2 Å². The van der Waals surface area contributed by atoms with Gasteiger partial charge < -0.3 is 35.7 Å². The average molecular weight is 537 g/mol. The Hall–Kier alpha value is -3.51. The van der Waals surface area contributed by atoms with Crippen LogP contribution in [0.1, 0.15) is 73.9 Å². The summed E-state index contributed by atoms with van der Waals surface area (Å²) in [6.45, 7) is 8.36. The van der Waals surface area contributed by atoms with Gasteiger partial charge in [0.2, 0.25) is 5.75 Å². The molecule has 2 amide bonds. The summed E-state index contributed by atoms with van der Waals surface area (Å²) in [5, 5.41) is 34.7. The number of halogens is 1. The first-order valence-corrected chi connectivity index (χ1v) is 12.1. The molecule has 12 heteroatoms. The fraction of sp³-hybridized carbons (Fsp3) is 0.538. The number of carbonyl (C=O) groups excluding carboxylic acids is 1. The number of aliphatic hydroxyl groups excluding tert-OH is 1. The van der Waals surface area contributed by atoms with E-state index in [0.29, 0.717) is 11.1 Å². The minimum atomic E-state index is -1.29. The largest absolute Gasteiger partial charge is 0.501 e. The van der Waals surface area contributed by atoms with E-state index in [2.05, 4.69) is 20.6 Å². The number of amides is 2. The number of carbonyl (C=O) groups is 2. The first kappa shape index (κ1) is 30.7. The number of ether oxygens (including phenoxy) is 1. The molecule has 0 spiro atoms. The number of hydrogen-bond donors (Lipinski definition) is 6. The monoisotopic (exact) mass is 536 g/mol. The van der Waals surface area contributed by atoms with Gasteiger partial charge in [-0.15, -0.1) is 0 Å². The van der Waals surface area contributed by atoms with E-state index in [1.807, 2.05) is 0 Å². The number of aryl methyl sites for hydroxylation is 1. The summed E-state index contributed by atoms with van der Waals surface area (Å²) in [4.78, 5) is 44.0. The Kier molecular flexibility index (Phi) is 9.99. The number of H-pyrrole nitrogens is 1. The van der Waals surface area contributed by atoms with Crippen LogP contribution in [0.3, 0.4) is 0 Å². The highest BCUT2D eigenvalue weighted by molar-refractivity contribution is 5.94. The summed E-state index contributed by atoms with van der Waals surface area (Å²) in [5.74, 6) is -2.91. The highest BCUT2D eigenvalue weighted by Crippen LogP contribution is 2.36. The molecular weight excluding hydrogens is 499 g/mol. The van der Waals surface area contributed by atoms with E-state index in [4.69, 9.17) is 4.74 Å². The highest BCUT2D eigenvalue weighted by Gasteiger charge is 2.38. The summed E-state index contributed by atoms with van der Waals surface area (Å²) in [5.41, 5.74) is -2.13. The van der Waals surface area contributed by atoms with Gasteiger partial charge in [-0.25, -0.2) is 14.2 Å². The van der Waals surface area contributed by atoms with Crippen molar-refractivity contribution in [3.05, 3.63) is 57.0 Å². The molecular formula is C26H37FN4O7. The Morgan fingerprint density at radius 1 is 1.24 bits per heavy atom. The number of rotatable bonds is 11. The lowest BCUT2D eigenvalue weighted by atomic mass is 9.75. The van der Waals surface area contributed by atoms with Gasteiger partial charge in [0.1, 0.15) is 11.6 Å². The van der Waals surface area contributed by atoms with Crippen molar-refractivity contribution in [1.82, 2.24) is 20.6 Å². The molecule has 11 nitrogen and oxygen atoms in total. The third kappa shape index (κ3) is 7.75. The number of nitrogens with zero attached hydrogens (tertiary/aromatic N) is 1. The molecule has 0 fully saturated rings. The zero-order valence-corrected chi connectivity index (χ0v) is 22.5. The number of nitrogens with one attached hydrogen (secondary N) is 3. The van der Waals surface area contributed by atoms with Crippen LogP contribution in [0.2, 0.25) is 0 Å². The number of aromatic nitrogens is 2. The number of benzene rings is 1. The molecule has 2 rings (SSSR count). The number of aromatic hydroxyl groups is 1. The molecule has 0 aliphatic carbocycles. The summed E-state index contributed by atoms with van der Waals surface area (Å²) in [7, 11) is 1.44. The Morgan fingerprint density at radius 2 is 1.89 bits per heavy atom. The van der Waals surface area contributed by atoms with Gasteiger partial charge in [0, 0.05) is 25.6 Å². The van der Waals surface area contributed by atoms with Crippen molar-refractivity contribution in [1.29, 1.82) is 0 Å². The van der Waals surface area contributed by atoms with Gasteiger partial charge in [0.05, 0.1) is 12.2 Å². The van der Waals surface area contributed by atoms with Crippen molar-refractivity contribution in [3.63, 3.8) is 0 Å². The maximum atomic E-state index is 13.6. The van der Waals surface area contributed by atoms with E-state index in [9.17, 15) is 34.1 Å². The van der Waals surface area contributed by atoms with E-state index in [0.717, 1.165) is 0 Å². The zero-order valence-electron chi connectivity index (χ0n) is 22.5. The molecule has 1 aromatic heterocycles. The smallest absolute Gasteiger partial charge is 0.404 e. The predicted molar refractivity (Wildman–Crippen MR) is 138 cm³/mol. The lowest BCUT2D eigenvalue weighted by Crippen LogP contribution is -2.48. The fourth-order valence-corrected chi connectivity index (χ4v) is 4.12. The molecule has 3 atom stereocenters. The Balaban J connectivity index is 2.50. The van der Waals surface area contributed by atoms with E-state index in [1.165, 1.54) is 19.2 Å². The first-order chi connectivity index (χ1) is 17.6. The van der Waals surface area contributed by atoms with Gasteiger partial charge in [-0.2, -0.15) is 0 Å². The second-order valence-corrected chi connectivity index (χ2v) is 10.7. The molecule has 38 heavy (non-hydrogen) atoms. The Morgan fingerprint density at radius 3 is 2.42 bits per heavy atom. The predicted octanol–water partition coefficient (Wildman–Crippen LogP) is 2.80. The van der Waals surface area contributed by atoms with Crippen LogP contribution in [0, 0.1) is 18.2 Å². The number of carboxylic acid groups (broad SMARTS) is 1. The van der Waals surface area contributed by atoms with Crippen LogP contribution in [0.15, 0.2) is 23.0 Å². The molecule has 210 valence electrons. The minimum Gasteiger partial charge on any atom is -0.501 e. The van der Waals surface area contributed by atoms with Crippen LogP contribution in [0.4, 0.5) is 9.18 Å². The number of aromatic amines is 1. The van der Waals surface area contributed by atoms with Crippen LogP contribution >= 0.6 is 0 Å². The second kappa shape index (κ2) is 12.4. The SMILES string of the molecule is COC(C)(CO)CCC(c1nc(C(=O)NCc2ccc(F)c(C)c2)c(O)c(=O)[nH]1)C(NC(=O)O)C(C)(C)C. The van der Waals surface area contributed by atoms with Crippen molar-refractivity contribution in [2.75, 3.05) is 13.7 Å². The van der Waals surface area contributed by atoms with Crippen LogP contribution in [-0.2, 0) is 11.3 Å². The van der Waals surface area contributed by atoms with Crippen molar-refractivity contribution >= 4 is 12.0 Å². The zero-order chi connectivity index (χ0) is 28.8. The van der Waals surface area contributed by atoms with Crippen LogP contribution in [0.25, 0.3) is 0 Å². The second-order valence-electron chi connectivity index (χ2n) is 10.7. The third-order valence-electron chi connectivity index (χ3n) is 6.58. The molecule has 0 saturated carbocycles. The molecule has 1 heterocycles. The van der Waals surface area contributed by atoms with Gasteiger partial charge in [0.15, 0.2) is 5.69 Å². The van der Waals surface area contributed by atoms with Crippen molar-refractivity contribution in [2.24, 2.45) is 5.41 Å². The quantitative estimate of drug-likeness (QED) is 0.254. The number of aliphatic hydroxyl groups is 1. The number of hydrogen-bond acceptors (Lipinski definition) is 7. The normalized spacial score (nSPS) is 14.8. The highest BCUT2D eigenvalue weighted by atomic mass is 19.1. The lowest BCUT2D eigenvalue weighted by Gasteiger charge is -2.38. The molecule has 0 saturated heterocycles. The first-order valence-electron chi connectivity index (χ1n) is 12.1. The van der Waals surface area contributed by atoms with E-state index in [-0.39, 0.29) is 37.6 Å². The van der Waals surface area contributed by atoms with E-state index < -0.39 is 52.0 Å². The van der Waals surface area contributed by atoms with E-state index >= 15 is 0 Å².